The Hall–Kier alpha value is -2.34. The van der Waals surface area contributed by atoms with Crippen LogP contribution in [-0.2, 0) is 14.4 Å². The summed E-state index contributed by atoms with van der Waals surface area (Å²) in [5, 5.41) is 24.1. The van der Waals surface area contributed by atoms with Gasteiger partial charge in [-0.05, 0) is 20.3 Å². The van der Waals surface area contributed by atoms with Crippen molar-refractivity contribution in [2.45, 2.75) is 20.3 Å². The van der Waals surface area contributed by atoms with E-state index in [0.29, 0.717) is 12.3 Å². The topological polar surface area (TPSA) is 112 Å². The highest BCUT2D eigenvalue weighted by molar-refractivity contribution is 6.17. The molecule has 0 amide bonds. The van der Waals surface area contributed by atoms with Crippen LogP contribution in [0.15, 0.2) is 48.6 Å². The van der Waals surface area contributed by atoms with Crippen LogP contribution in [-0.4, -0.2) is 39.1 Å². The second-order valence-electron chi connectivity index (χ2n) is 3.88. The first-order chi connectivity index (χ1) is 9.97. The van der Waals surface area contributed by atoms with Crippen molar-refractivity contribution in [2.75, 3.05) is 5.88 Å². The van der Waals surface area contributed by atoms with Crippen molar-refractivity contribution in [1.29, 1.82) is 0 Å². The maximum Gasteiger partial charge on any atom is 0.335 e. The highest BCUT2D eigenvalue weighted by Gasteiger charge is 1.95. The molecule has 0 aliphatic carbocycles. The third-order valence-electron chi connectivity index (χ3n) is 1.60. The van der Waals surface area contributed by atoms with Crippen LogP contribution < -0.4 is 0 Å². The number of carboxylic acid groups (broad SMARTS) is 3. The van der Waals surface area contributed by atoms with Crippen LogP contribution in [0.25, 0.3) is 0 Å². The van der Waals surface area contributed by atoms with Gasteiger partial charge >= 0.3 is 17.9 Å². The standard InChI is InChI=1S/C7H9ClO2.2C4H6O2/c1-6(7(9)10)4-2-3-5-8;2*1-3(2)4(5)6/h2,4H,1,3,5H2,(H,9,10);2*1H2,2H3,(H,5,6). The molecule has 0 aliphatic rings. The minimum absolute atomic E-state index is 0.0881. The molecule has 0 spiro atoms. The Morgan fingerprint density at radius 1 is 0.909 bits per heavy atom. The lowest BCUT2D eigenvalue weighted by Gasteiger charge is -1.87. The number of alkyl halides is 1. The molecule has 0 saturated heterocycles. The largest absolute Gasteiger partial charge is 0.478 e. The summed E-state index contributed by atoms with van der Waals surface area (Å²) in [5.74, 6) is -2.36. The zero-order valence-corrected chi connectivity index (χ0v) is 13.4. The van der Waals surface area contributed by atoms with Gasteiger partial charge in [0, 0.05) is 17.0 Å². The number of aliphatic carboxylic acids is 3. The van der Waals surface area contributed by atoms with Gasteiger partial charge in [0.25, 0.3) is 0 Å². The Labute approximate surface area is 134 Å². The first-order valence-electron chi connectivity index (χ1n) is 5.89. The van der Waals surface area contributed by atoms with Gasteiger partial charge in [-0.15, -0.1) is 11.6 Å². The predicted molar refractivity (Wildman–Crippen MR) is 86.2 cm³/mol. The van der Waals surface area contributed by atoms with Crippen molar-refractivity contribution in [3.63, 3.8) is 0 Å². The van der Waals surface area contributed by atoms with E-state index in [1.54, 1.807) is 6.08 Å². The molecule has 0 aromatic heterocycles. The van der Waals surface area contributed by atoms with Gasteiger partial charge in [-0.25, -0.2) is 14.4 Å². The number of rotatable bonds is 6. The SMILES string of the molecule is C=C(C)C(=O)O.C=C(C)C(=O)O.C=C(C=CCCCl)C(=O)O. The predicted octanol–water partition coefficient (Wildman–Crippen LogP) is 3.11. The fourth-order valence-electron chi connectivity index (χ4n) is 0.360. The highest BCUT2D eigenvalue weighted by Crippen LogP contribution is 1.94. The number of hydrogen-bond donors (Lipinski definition) is 3. The van der Waals surface area contributed by atoms with E-state index in [-0.39, 0.29) is 16.7 Å². The quantitative estimate of drug-likeness (QED) is 0.391. The number of halogens is 1. The van der Waals surface area contributed by atoms with Crippen LogP contribution in [0.1, 0.15) is 20.3 Å². The minimum atomic E-state index is -0.995. The van der Waals surface area contributed by atoms with Gasteiger partial charge in [0.2, 0.25) is 0 Å². The molecular formula is C15H21ClO6. The average Bonchev–Trinajstić information content (AvgIpc) is 2.39. The van der Waals surface area contributed by atoms with Crippen molar-refractivity contribution >= 4 is 29.5 Å². The van der Waals surface area contributed by atoms with E-state index in [0.717, 1.165) is 0 Å². The van der Waals surface area contributed by atoms with Gasteiger partial charge in [-0.1, -0.05) is 31.9 Å². The molecule has 124 valence electrons. The lowest BCUT2D eigenvalue weighted by molar-refractivity contribution is -0.133. The molecule has 0 aromatic rings. The molecule has 6 nitrogen and oxygen atoms in total. The van der Waals surface area contributed by atoms with E-state index >= 15 is 0 Å². The zero-order valence-electron chi connectivity index (χ0n) is 12.6. The summed E-state index contributed by atoms with van der Waals surface area (Å²) in [5.41, 5.74) is 0.440. The van der Waals surface area contributed by atoms with Crippen LogP contribution in [0.3, 0.4) is 0 Å². The van der Waals surface area contributed by atoms with E-state index in [1.807, 2.05) is 0 Å². The summed E-state index contributed by atoms with van der Waals surface area (Å²) in [6.45, 7) is 12.5. The average molecular weight is 333 g/mol. The molecule has 0 heterocycles. The van der Waals surface area contributed by atoms with E-state index < -0.39 is 17.9 Å². The lowest BCUT2D eigenvalue weighted by atomic mass is 10.2. The van der Waals surface area contributed by atoms with E-state index in [1.165, 1.54) is 19.9 Å². The number of hydrogen-bond acceptors (Lipinski definition) is 3. The van der Waals surface area contributed by atoms with Gasteiger partial charge in [0.1, 0.15) is 0 Å². The van der Waals surface area contributed by atoms with Crippen LogP contribution in [0, 0.1) is 0 Å². The van der Waals surface area contributed by atoms with Crippen molar-refractivity contribution in [3.8, 4) is 0 Å². The number of carboxylic acids is 3. The fraction of sp³-hybridized carbons (Fsp3) is 0.267. The molecule has 0 saturated carbocycles. The van der Waals surface area contributed by atoms with Gasteiger partial charge in [-0.3, -0.25) is 0 Å². The third-order valence-corrected chi connectivity index (χ3v) is 1.82. The molecule has 7 heteroatoms. The van der Waals surface area contributed by atoms with Crippen LogP contribution in [0.5, 0.6) is 0 Å². The maximum absolute atomic E-state index is 10.1. The second kappa shape index (κ2) is 15.1. The molecule has 0 atom stereocenters. The van der Waals surface area contributed by atoms with Gasteiger partial charge in [0.05, 0.1) is 5.57 Å². The molecule has 0 radical (unpaired) electrons. The summed E-state index contributed by atoms with van der Waals surface area (Å²) in [7, 11) is 0. The van der Waals surface area contributed by atoms with Gasteiger partial charge in [-0.2, -0.15) is 0 Å². The van der Waals surface area contributed by atoms with Crippen molar-refractivity contribution in [3.05, 3.63) is 48.6 Å². The number of carbonyl (C=O) groups is 3. The summed E-state index contributed by atoms with van der Waals surface area (Å²) in [4.78, 5) is 29.3. The normalized spacial score (nSPS) is 8.68. The summed E-state index contributed by atoms with van der Waals surface area (Å²) in [6.07, 6.45) is 3.81. The Kier molecular flexibility index (Phi) is 16.9. The molecule has 0 bridgehead atoms. The summed E-state index contributed by atoms with van der Waals surface area (Å²) >= 11 is 5.34. The third kappa shape index (κ3) is 22.8. The Bertz CT molecular complexity index is 415. The molecule has 0 fully saturated rings. The maximum atomic E-state index is 10.1. The van der Waals surface area contributed by atoms with Gasteiger partial charge < -0.3 is 15.3 Å². The second-order valence-corrected chi connectivity index (χ2v) is 4.26. The first-order valence-corrected chi connectivity index (χ1v) is 6.43. The van der Waals surface area contributed by atoms with Crippen LogP contribution >= 0.6 is 11.6 Å². The molecule has 0 aromatic carbocycles. The van der Waals surface area contributed by atoms with Gasteiger partial charge in [0.15, 0.2) is 0 Å². The Morgan fingerprint density at radius 3 is 1.41 bits per heavy atom. The molecule has 0 unspecified atom stereocenters. The van der Waals surface area contributed by atoms with E-state index in [9.17, 15) is 14.4 Å². The first kappa shape index (κ1) is 24.7. The zero-order chi connectivity index (χ0) is 18.3. The fourth-order valence-corrected chi connectivity index (χ4v) is 0.486. The Balaban J connectivity index is -0.000000261. The Morgan fingerprint density at radius 2 is 1.23 bits per heavy atom. The van der Waals surface area contributed by atoms with Crippen molar-refractivity contribution in [2.24, 2.45) is 0 Å². The molecule has 0 aliphatic heterocycles. The highest BCUT2D eigenvalue weighted by atomic mass is 35.5. The number of allylic oxidation sites excluding steroid dienone is 1. The smallest absolute Gasteiger partial charge is 0.335 e. The molecule has 0 rings (SSSR count). The van der Waals surface area contributed by atoms with Crippen molar-refractivity contribution in [1.82, 2.24) is 0 Å². The summed E-state index contributed by atoms with van der Waals surface area (Å²) in [6, 6.07) is 0. The summed E-state index contributed by atoms with van der Waals surface area (Å²) < 4.78 is 0. The van der Waals surface area contributed by atoms with Crippen LogP contribution in [0.2, 0.25) is 0 Å². The van der Waals surface area contributed by atoms with Crippen molar-refractivity contribution < 1.29 is 29.7 Å². The molecular weight excluding hydrogens is 312 g/mol. The van der Waals surface area contributed by atoms with E-state index in [4.69, 9.17) is 26.9 Å². The van der Waals surface area contributed by atoms with Crippen LogP contribution in [0.4, 0.5) is 0 Å². The molecule has 3 N–H and O–H groups in total. The minimum Gasteiger partial charge on any atom is -0.478 e. The molecule has 22 heavy (non-hydrogen) atoms. The lowest BCUT2D eigenvalue weighted by Crippen LogP contribution is -1.94. The van der Waals surface area contributed by atoms with E-state index in [2.05, 4.69) is 19.7 Å². The monoisotopic (exact) mass is 332 g/mol.